The molecule has 1 fully saturated rings. The van der Waals surface area contributed by atoms with E-state index in [0.717, 1.165) is 26.2 Å². The number of nitrogens with zero attached hydrogens (tertiary/aromatic N) is 2. The number of nitrogens with one attached hydrogen (secondary N) is 1. The first-order valence-corrected chi connectivity index (χ1v) is 7.73. The van der Waals surface area contributed by atoms with Gasteiger partial charge in [-0.15, -0.1) is 0 Å². The molecule has 0 amide bonds. The summed E-state index contributed by atoms with van der Waals surface area (Å²) in [6, 6.07) is 2.60. The molecule has 2 rings (SSSR count). The monoisotopic (exact) mass is 277 g/mol. The number of likely N-dealkylation sites (N-methyl/N-ethyl adjacent to an activating group) is 1. The standard InChI is InChI=1S/C16H27N3O/c1-4-19(12-15-6-5-9-20-15)16-7-8-17-10-14(16)11-18-13(2)3/h7-8,10,13,15,18H,4-6,9,11-12H2,1-3H3. The first kappa shape index (κ1) is 15.3. The molecule has 0 aromatic carbocycles. The summed E-state index contributed by atoms with van der Waals surface area (Å²) >= 11 is 0. The predicted molar refractivity (Wildman–Crippen MR) is 83.1 cm³/mol. The number of hydrogen-bond donors (Lipinski definition) is 1. The summed E-state index contributed by atoms with van der Waals surface area (Å²) in [4.78, 5) is 6.69. The fourth-order valence-corrected chi connectivity index (χ4v) is 2.61. The Morgan fingerprint density at radius 1 is 1.50 bits per heavy atom. The van der Waals surface area contributed by atoms with Crippen LogP contribution in [0.3, 0.4) is 0 Å². The molecule has 1 aromatic heterocycles. The molecule has 0 radical (unpaired) electrons. The van der Waals surface area contributed by atoms with E-state index in [1.165, 1.54) is 24.1 Å². The number of anilines is 1. The molecule has 20 heavy (non-hydrogen) atoms. The smallest absolute Gasteiger partial charge is 0.0750 e. The van der Waals surface area contributed by atoms with Crippen LogP contribution in [0, 0.1) is 0 Å². The third-order valence-electron chi connectivity index (χ3n) is 3.75. The molecule has 4 nitrogen and oxygen atoms in total. The minimum Gasteiger partial charge on any atom is -0.376 e. The number of rotatable bonds is 7. The largest absolute Gasteiger partial charge is 0.376 e. The van der Waals surface area contributed by atoms with E-state index in [1.807, 2.05) is 12.4 Å². The molecular weight excluding hydrogens is 250 g/mol. The van der Waals surface area contributed by atoms with Gasteiger partial charge >= 0.3 is 0 Å². The van der Waals surface area contributed by atoms with Gasteiger partial charge in [0, 0.05) is 55.9 Å². The SMILES string of the molecule is CCN(CC1CCCO1)c1ccncc1CNC(C)C. The summed E-state index contributed by atoms with van der Waals surface area (Å²) in [5, 5.41) is 3.48. The molecule has 1 aliphatic rings. The molecule has 1 aromatic rings. The maximum Gasteiger partial charge on any atom is 0.0750 e. The van der Waals surface area contributed by atoms with Crippen LogP contribution in [0.1, 0.15) is 39.2 Å². The van der Waals surface area contributed by atoms with Crippen molar-refractivity contribution in [2.45, 2.75) is 52.3 Å². The van der Waals surface area contributed by atoms with Crippen molar-refractivity contribution in [1.29, 1.82) is 0 Å². The Kier molecular flexibility index (Phi) is 5.80. The lowest BCUT2D eigenvalue weighted by Crippen LogP contribution is -2.33. The predicted octanol–water partition coefficient (Wildman–Crippen LogP) is 2.58. The molecule has 0 saturated carbocycles. The van der Waals surface area contributed by atoms with Crippen LogP contribution in [0.15, 0.2) is 18.5 Å². The van der Waals surface area contributed by atoms with Crippen LogP contribution in [-0.2, 0) is 11.3 Å². The Balaban J connectivity index is 2.07. The second-order valence-electron chi connectivity index (χ2n) is 5.71. The van der Waals surface area contributed by atoms with E-state index in [9.17, 15) is 0 Å². The van der Waals surface area contributed by atoms with Crippen LogP contribution in [0.25, 0.3) is 0 Å². The summed E-state index contributed by atoms with van der Waals surface area (Å²) in [5.41, 5.74) is 2.55. The number of ether oxygens (including phenoxy) is 1. The van der Waals surface area contributed by atoms with E-state index in [0.29, 0.717) is 12.1 Å². The van der Waals surface area contributed by atoms with Crippen molar-refractivity contribution in [1.82, 2.24) is 10.3 Å². The average Bonchev–Trinajstić information content (AvgIpc) is 2.96. The van der Waals surface area contributed by atoms with Gasteiger partial charge in [0.2, 0.25) is 0 Å². The summed E-state index contributed by atoms with van der Waals surface area (Å²) in [7, 11) is 0. The van der Waals surface area contributed by atoms with Gasteiger partial charge in [-0.2, -0.15) is 0 Å². The fourth-order valence-electron chi connectivity index (χ4n) is 2.61. The Hall–Kier alpha value is -1.13. The first-order chi connectivity index (χ1) is 9.70. The highest BCUT2D eigenvalue weighted by atomic mass is 16.5. The van der Waals surface area contributed by atoms with Gasteiger partial charge in [0.15, 0.2) is 0 Å². The molecule has 2 heterocycles. The van der Waals surface area contributed by atoms with Gasteiger partial charge in [-0.05, 0) is 25.8 Å². The molecule has 112 valence electrons. The van der Waals surface area contributed by atoms with Crippen molar-refractivity contribution in [3.05, 3.63) is 24.0 Å². The van der Waals surface area contributed by atoms with Gasteiger partial charge in [0.25, 0.3) is 0 Å². The third-order valence-corrected chi connectivity index (χ3v) is 3.75. The van der Waals surface area contributed by atoms with E-state index in [1.54, 1.807) is 0 Å². The summed E-state index contributed by atoms with van der Waals surface area (Å²) < 4.78 is 5.77. The number of aromatic nitrogens is 1. The van der Waals surface area contributed by atoms with Crippen molar-refractivity contribution in [2.75, 3.05) is 24.6 Å². The zero-order chi connectivity index (χ0) is 14.4. The zero-order valence-corrected chi connectivity index (χ0v) is 12.9. The van der Waals surface area contributed by atoms with Gasteiger partial charge in [0.05, 0.1) is 6.10 Å². The van der Waals surface area contributed by atoms with Crippen LogP contribution in [0.2, 0.25) is 0 Å². The van der Waals surface area contributed by atoms with Crippen molar-refractivity contribution in [2.24, 2.45) is 0 Å². The summed E-state index contributed by atoms with van der Waals surface area (Å²) in [6.45, 7) is 10.3. The molecule has 1 N–H and O–H groups in total. The maximum atomic E-state index is 5.77. The second kappa shape index (κ2) is 7.60. The van der Waals surface area contributed by atoms with E-state index >= 15 is 0 Å². The highest BCUT2D eigenvalue weighted by molar-refractivity contribution is 5.52. The van der Waals surface area contributed by atoms with E-state index in [-0.39, 0.29) is 0 Å². The van der Waals surface area contributed by atoms with E-state index in [2.05, 4.69) is 42.0 Å². The highest BCUT2D eigenvalue weighted by Crippen LogP contribution is 2.22. The zero-order valence-electron chi connectivity index (χ0n) is 12.9. The Labute approximate surface area is 122 Å². The quantitative estimate of drug-likeness (QED) is 0.831. The number of pyridine rings is 1. The normalized spacial score (nSPS) is 18.7. The van der Waals surface area contributed by atoms with E-state index in [4.69, 9.17) is 4.74 Å². The molecule has 0 aliphatic carbocycles. The van der Waals surface area contributed by atoms with Gasteiger partial charge in [-0.25, -0.2) is 0 Å². The molecule has 1 saturated heterocycles. The van der Waals surface area contributed by atoms with Crippen LogP contribution in [-0.4, -0.2) is 36.8 Å². The van der Waals surface area contributed by atoms with Gasteiger partial charge in [-0.1, -0.05) is 13.8 Å². The Morgan fingerprint density at radius 2 is 2.35 bits per heavy atom. The van der Waals surface area contributed by atoms with Gasteiger partial charge in [-0.3, -0.25) is 4.98 Å². The van der Waals surface area contributed by atoms with Crippen LogP contribution in [0.5, 0.6) is 0 Å². The molecule has 1 unspecified atom stereocenters. The lowest BCUT2D eigenvalue weighted by Gasteiger charge is -2.28. The van der Waals surface area contributed by atoms with Crippen molar-refractivity contribution < 1.29 is 4.74 Å². The number of hydrogen-bond acceptors (Lipinski definition) is 4. The summed E-state index contributed by atoms with van der Waals surface area (Å²) in [6.07, 6.45) is 6.62. The van der Waals surface area contributed by atoms with E-state index < -0.39 is 0 Å². The molecule has 1 aliphatic heterocycles. The fraction of sp³-hybridized carbons (Fsp3) is 0.688. The molecule has 4 heteroatoms. The van der Waals surface area contributed by atoms with Gasteiger partial charge in [0.1, 0.15) is 0 Å². The highest BCUT2D eigenvalue weighted by Gasteiger charge is 2.20. The minimum atomic E-state index is 0.383. The summed E-state index contributed by atoms with van der Waals surface area (Å²) in [5.74, 6) is 0. The molecule has 0 spiro atoms. The maximum absolute atomic E-state index is 5.77. The van der Waals surface area contributed by atoms with Crippen molar-refractivity contribution in [3.63, 3.8) is 0 Å². The molecular formula is C16H27N3O. The Morgan fingerprint density at radius 3 is 3.00 bits per heavy atom. The molecule has 1 atom stereocenters. The van der Waals surface area contributed by atoms with Crippen LogP contribution in [0.4, 0.5) is 5.69 Å². The van der Waals surface area contributed by atoms with Gasteiger partial charge < -0.3 is 15.0 Å². The van der Waals surface area contributed by atoms with Crippen LogP contribution < -0.4 is 10.2 Å². The topological polar surface area (TPSA) is 37.4 Å². The van der Waals surface area contributed by atoms with Crippen LogP contribution >= 0.6 is 0 Å². The third kappa shape index (κ3) is 4.18. The molecule has 0 bridgehead atoms. The second-order valence-corrected chi connectivity index (χ2v) is 5.71. The minimum absolute atomic E-state index is 0.383. The lowest BCUT2D eigenvalue weighted by molar-refractivity contribution is 0.115. The Bertz CT molecular complexity index is 402. The van der Waals surface area contributed by atoms with Crippen molar-refractivity contribution in [3.8, 4) is 0 Å². The lowest BCUT2D eigenvalue weighted by atomic mass is 10.1. The first-order valence-electron chi connectivity index (χ1n) is 7.73. The average molecular weight is 277 g/mol. The van der Waals surface area contributed by atoms with Crippen molar-refractivity contribution >= 4 is 5.69 Å².